The Hall–Kier alpha value is -3.39. The highest BCUT2D eigenvalue weighted by molar-refractivity contribution is 6.10. The van der Waals surface area contributed by atoms with E-state index in [2.05, 4.69) is 10.6 Å². The summed E-state index contributed by atoms with van der Waals surface area (Å²) >= 11 is 0. The number of aryl methyl sites for hydroxylation is 1. The molecule has 2 aliphatic rings. The molecule has 32 heavy (non-hydrogen) atoms. The van der Waals surface area contributed by atoms with Gasteiger partial charge in [-0.25, -0.2) is 4.79 Å². The molecule has 0 bridgehead atoms. The van der Waals surface area contributed by atoms with Crippen LogP contribution >= 0.6 is 0 Å². The number of urea groups is 1. The lowest BCUT2D eigenvalue weighted by atomic mass is 9.91. The van der Waals surface area contributed by atoms with Gasteiger partial charge in [0.2, 0.25) is 5.91 Å². The van der Waals surface area contributed by atoms with Gasteiger partial charge in [0.25, 0.3) is 5.91 Å². The van der Waals surface area contributed by atoms with Gasteiger partial charge >= 0.3 is 6.03 Å². The predicted octanol–water partition coefficient (Wildman–Crippen LogP) is 2.96. The molecule has 2 fully saturated rings. The SMILES string of the molecule is Cc1ccc(C2(C)NC(=O)N(CC(=O)Nc3cccc(OCC4CCCO4)c3)C2=O)cc1. The van der Waals surface area contributed by atoms with Crippen LogP contribution in [0.1, 0.15) is 30.9 Å². The van der Waals surface area contributed by atoms with Gasteiger partial charge in [-0.1, -0.05) is 35.9 Å². The lowest BCUT2D eigenvalue weighted by Crippen LogP contribution is -2.42. The zero-order valence-electron chi connectivity index (χ0n) is 18.2. The van der Waals surface area contributed by atoms with Gasteiger partial charge in [-0.15, -0.1) is 0 Å². The standard InChI is InChI=1S/C24H27N3O5/c1-16-8-10-17(11-9-16)24(2)22(29)27(23(30)26-24)14-21(28)25-18-5-3-6-19(13-18)32-15-20-7-4-12-31-20/h3,5-6,8-11,13,20H,4,7,12,14-15H2,1-2H3,(H,25,28)(H,26,30). The average Bonchev–Trinajstić information content (AvgIpc) is 3.36. The fraction of sp³-hybridized carbons (Fsp3) is 0.375. The summed E-state index contributed by atoms with van der Waals surface area (Å²) in [6.07, 6.45) is 2.11. The fourth-order valence-corrected chi connectivity index (χ4v) is 3.90. The normalized spacial score (nSPS) is 22.7. The number of nitrogens with one attached hydrogen (secondary N) is 2. The van der Waals surface area contributed by atoms with Crippen molar-refractivity contribution in [2.75, 3.05) is 25.1 Å². The number of hydrogen-bond donors (Lipinski definition) is 2. The molecule has 0 radical (unpaired) electrons. The number of rotatable bonds is 7. The van der Waals surface area contributed by atoms with Crippen LogP contribution in [0.3, 0.4) is 0 Å². The van der Waals surface area contributed by atoms with E-state index in [1.165, 1.54) is 0 Å². The van der Waals surface area contributed by atoms with E-state index >= 15 is 0 Å². The minimum Gasteiger partial charge on any atom is -0.491 e. The molecule has 0 aromatic heterocycles. The molecule has 0 saturated carbocycles. The number of nitrogens with zero attached hydrogens (tertiary/aromatic N) is 1. The van der Waals surface area contributed by atoms with E-state index in [0.717, 1.165) is 29.9 Å². The average molecular weight is 437 g/mol. The van der Waals surface area contributed by atoms with Crippen LogP contribution in [0.5, 0.6) is 5.75 Å². The van der Waals surface area contributed by atoms with Crippen molar-refractivity contribution in [1.29, 1.82) is 0 Å². The molecule has 2 aliphatic heterocycles. The Morgan fingerprint density at radius 1 is 1.25 bits per heavy atom. The first-order valence-electron chi connectivity index (χ1n) is 10.7. The van der Waals surface area contributed by atoms with E-state index in [4.69, 9.17) is 9.47 Å². The van der Waals surface area contributed by atoms with Gasteiger partial charge in [-0.05, 0) is 44.4 Å². The Balaban J connectivity index is 1.37. The summed E-state index contributed by atoms with van der Waals surface area (Å²) in [6, 6.07) is 13.8. The molecular formula is C24H27N3O5. The molecule has 8 nitrogen and oxygen atoms in total. The Morgan fingerprint density at radius 2 is 2.03 bits per heavy atom. The first-order chi connectivity index (χ1) is 15.3. The van der Waals surface area contributed by atoms with Gasteiger partial charge in [0.15, 0.2) is 0 Å². The highest BCUT2D eigenvalue weighted by Gasteiger charge is 2.49. The van der Waals surface area contributed by atoms with Crippen molar-refractivity contribution in [1.82, 2.24) is 10.2 Å². The van der Waals surface area contributed by atoms with Gasteiger partial charge in [-0.3, -0.25) is 14.5 Å². The second kappa shape index (κ2) is 9.00. The van der Waals surface area contributed by atoms with Crippen molar-refractivity contribution < 1.29 is 23.9 Å². The Labute approximate surface area is 186 Å². The molecule has 0 aliphatic carbocycles. The third-order valence-electron chi connectivity index (χ3n) is 5.78. The van der Waals surface area contributed by atoms with Crippen LogP contribution in [0.15, 0.2) is 48.5 Å². The van der Waals surface area contributed by atoms with Crippen LogP contribution in [0.25, 0.3) is 0 Å². The molecule has 0 spiro atoms. The lowest BCUT2D eigenvalue weighted by Gasteiger charge is -2.22. The maximum absolute atomic E-state index is 13.0. The van der Waals surface area contributed by atoms with Crippen LogP contribution in [0.2, 0.25) is 0 Å². The molecule has 4 rings (SSSR count). The van der Waals surface area contributed by atoms with E-state index in [1.54, 1.807) is 43.3 Å². The molecule has 2 heterocycles. The van der Waals surface area contributed by atoms with E-state index in [1.807, 2.05) is 19.1 Å². The van der Waals surface area contributed by atoms with Gasteiger partial charge in [0, 0.05) is 18.4 Å². The smallest absolute Gasteiger partial charge is 0.325 e. The summed E-state index contributed by atoms with van der Waals surface area (Å²) in [5.41, 5.74) is 1.03. The third kappa shape index (κ3) is 4.60. The summed E-state index contributed by atoms with van der Waals surface area (Å²) in [5, 5.41) is 5.44. The van der Waals surface area contributed by atoms with E-state index in [0.29, 0.717) is 23.6 Å². The first kappa shape index (κ1) is 21.8. The molecule has 8 heteroatoms. The van der Waals surface area contributed by atoms with E-state index in [9.17, 15) is 14.4 Å². The number of benzene rings is 2. The number of hydrogen-bond acceptors (Lipinski definition) is 5. The van der Waals surface area contributed by atoms with E-state index in [-0.39, 0.29) is 12.6 Å². The van der Waals surface area contributed by atoms with Crippen LogP contribution in [-0.4, -0.2) is 48.6 Å². The zero-order valence-corrected chi connectivity index (χ0v) is 18.2. The maximum atomic E-state index is 13.0. The zero-order chi connectivity index (χ0) is 22.7. The molecule has 2 aromatic carbocycles. The highest BCUT2D eigenvalue weighted by Crippen LogP contribution is 2.29. The van der Waals surface area contributed by atoms with Crippen molar-refractivity contribution in [2.45, 2.75) is 38.3 Å². The fourth-order valence-electron chi connectivity index (χ4n) is 3.90. The van der Waals surface area contributed by atoms with Crippen molar-refractivity contribution in [3.63, 3.8) is 0 Å². The van der Waals surface area contributed by atoms with Crippen molar-refractivity contribution in [3.8, 4) is 5.75 Å². The number of carbonyl (C=O) groups is 3. The maximum Gasteiger partial charge on any atom is 0.325 e. The largest absolute Gasteiger partial charge is 0.491 e. The Morgan fingerprint density at radius 3 is 2.75 bits per heavy atom. The molecule has 2 aromatic rings. The molecular weight excluding hydrogens is 410 g/mol. The van der Waals surface area contributed by atoms with Gasteiger partial charge in [0.1, 0.15) is 24.4 Å². The quantitative estimate of drug-likeness (QED) is 0.649. The number of carbonyl (C=O) groups excluding carboxylic acids is 3. The Kier molecular flexibility index (Phi) is 6.14. The van der Waals surface area contributed by atoms with Crippen LogP contribution in [-0.2, 0) is 19.9 Å². The molecule has 4 amide bonds. The number of imide groups is 1. The molecule has 2 atom stereocenters. The summed E-state index contributed by atoms with van der Waals surface area (Å²) in [5.74, 6) is -0.326. The highest BCUT2D eigenvalue weighted by atomic mass is 16.5. The van der Waals surface area contributed by atoms with Crippen molar-refractivity contribution in [3.05, 3.63) is 59.7 Å². The second-order valence-electron chi connectivity index (χ2n) is 8.33. The van der Waals surface area contributed by atoms with Gasteiger partial charge in [0.05, 0.1) is 6.10 Å². The number of amides is 4. The lowest BCUT2D eigenvalue weighted by molar-refractivity contribution is -0.133. The third-order valence-corrected chi connectivity index (χ3v) is 5.78. The first-order valence-corrected chi connectivity index (χ1v) is 10.7. The molecule has 2 N–H and O–H groups in total. The number of ether oxygens (including phenoxy) is 2. The molecule has 2 saturated heterocycles. The predicted molar refractivity (Wildman–Crippen MR) is 118 cm³/mol. The minimum atomic E-state index is -1.21. The topological polar surface area (TPSA) is 97.0 Å². The molecule has 168 valence electrons. The Bertz CT molecular complexity index is 1020. The van der Waals surface area contributed by atoms with Gasteiger partial charge in [-0.2, -0.15) is 0 Å². The second-order valence-corrected chi connectivity index (χ2v) is 8.33. The number of anilines is 1. The summed E-state index contributed by atoms with van der Waals surface area (Å²) in [7, 11) is 0. The summed E-state index contributed by atoms with van der Waals surface area (Å²) < 4.78 is 11.3. The van der Waals surface area contributed by atoms with Crippen LogP contribution < -0.4 is 15.4 Å². The summed E-state index contributed by atoms with van der Waals surface area (Å²) in [4.78, 5) is 39.0. The summed E-state index contributed by atoms with van der Waals surface area (Å²) in [6.45, 7) is 4.42. The minimum absolute atomic E-state index is 0.0933. The van der Waals surface area contributed by atoms with Gasteiger partial charge < -0.3 is 20.1 Å². The van der Waals surface area contributed by atoms with E-state index < -0.39 is 23.4 Å². The molecule has 2 unspecified atom stereocenters. The van der Waals surface area contributed by atoms with Crippen LogP contribution in [0, 0.1) is 6.92 Å². The van der Waals surface area contributed by atoms with Crippen molar-refractivity contribution in [2.24, 2.45) is 0 Å². The monoisotopic (exact) mass is 437 g/mol. The van der Waals surface area contributed by atoms with Crippen LogP contribution in [0.4, 0.5) is 10.5 Å². The van der Waals surface area contributed by atoms with Crippen molar-refractivity contribution >= 4 is 23.5 Å².